The quantitative estimate of drug-likeness (QED) is 0.893. The maximum atomic E-state index is 12.1. The number of hydrogen-bond donors (Lipinski definition) is 2. The number of benzene rings is 2. The summed E-state index contributed by atoms with van der Waals surface area (Å²) in [5.41, 5.74) is 3.84. The SMILES string of the molecule is Cc1cc(C)c(NC(=O)Cc2ccc(O)cc2)c(Br)c1. The van der Waals surface area contributed by atoms with E-state index in [0.717, 1.165) is 26.9 Å². The van der Waals surface area contributed by atoms with E-state index in [1.54, 1.807) is 24.3 Å². The van der Waals surface area contributed by atoms with E-state index in [-0.39, 0.29) is 18.1 Å². The van der Waals surface area contributed by atoms with Crippen molar-refractivity contribution in [2.75, 3.05) is 5.32 Å². The lowest BCUT2D eigenvalue weighted by molar-refractivity contribution is -0.115. The third kappa shape index (κ3) is 3.61. The van der Waals surface area contributed by atoms with Gasteiger partial charge in [0.1, 0.15) is 5.75 Å². The van der Waals surface area contributed by atoms with E-state index in [0.29, 0.717) is 0 Å². The van der Waals surface area contributed by atoms with Crippen molar-refractivity contribution in [2.45, 2.75) is 20.3 Å². The Labute approximate surface area is 126 Å². The maximum Gasteiger partial charge on any atom is 0.228 e. The van der Waals surface area contributed by atoms with Crippen LogP contribution in [0.15, 0.2) is 40.9 Å². The van der Waals surface area contributed by atoms with Crippen LogP contribution in [0, 0.1) is 13.8 Å². The van der Waals surface area contributed by atoms with Gasteiger partial charge >= 0.3 is 0 Å². The predicted molar refractivity (Wildman–Crippen MR) is 84.1 cm³/mol. The number of carbonyl (C=O) groups is 1. The van der Waals surface area contributed by atoms with Gasteiger partial charge in [-0.25, -0.2) is 0 Å². The highest BCUT2D eigenvalue weighted by atomic mass is 79.9. The summed E-state index contributed by atoms with van der Waals surface area (Å²) in [5.74, 6) is 0.120. The molecule has 1 amide bonds. The summed E-state index contributed by atoms with van der Waals surface area (Å²) in [4.78, 5) is 12.1. The summed E-state index contributed by atoms with van der Waals surface area (Å²) in [6, 6.07) is 10.6. The molecule has 0 radical (unpaired) electrons. The van der Waals surface area contributed by atoms with Crippen LogP contribution in [-0.4, -0.2) is 11.0 Å². The Kier molecular flexibility index (Phi) is 4.45. The van der Waals surface area contributed by atoms with Crippen LogP contribution >= 0.6 is 15.9 Å². The van der Waals surface area contributed by atoms with Crippen LogP contribution in [0.2, 0.25) is 0 Å². The van der Waals surface area contributed by atoms with Crippen molar-refractivity contribution in [3.8, 4) is 5.75 Å². The second kappa shape index (κ2) is 6.09. The van der Waals surface area contributed by atoms with Gasteiger partial charge in [0.2, 0.25) is 5.91 Å². The van der Waals surface area contributed by atoms with E-state index in [9.17, 15) is 9.90 Å². The van der Waals surface area contributed by atoms with E-state index in [2.05, 4.69) is 21.2 Å². The summed E-state index contributed by atoms with van der Waals surface area (Å²) >= 11 is 3.47. The minimum atomic E-state index is -0.0802. The highest BCUT2D eigenvalue weighted by Gasteiger charge is 2.09. The lowest BCUT2D eigenvalue weighted by Crippen LogP contribution is -2.15. The third-order valence-electron chi connectivity index (χ3n) is 3.00. The molecule has 2 aromatic rings. The number of halogens is 1. The van der Waals surface area contributed by atoms with Gasteiger partial charge in [-0.1, -0.05) is 18.2 Å². The Morgan fingerprint density at radius 3 is 2.45 bits per heavy atom. The number of anilines is 1. The number of rotatable bonds is 3. The number of phenolic OH excluding ortho intramolecular Hbond substituents is 1. The summed E-state index contributed by atoms with van der Waals surface area (Å²) in [6.07, 6.45) is 0.278. The van der Waals surface area contributed by atoms with Crippen molar-refractivity contribution in [2.24, 2.45) is 0 Å². The standard InChI is InChI=1S/C16H16BrNO2/c1-10-7-11(2)16(14(17)8-10)18-15(20)9-12-3-5-13(19)6-4-12/h3-8,19H,9H2,1-2H3,(H,18,20). The highest BCUT2D eigenvalue weighted by Crippen LogP contribution is 2.27. The van der Waals surface area contributed by atoms with Crippen LogP contribution in [-0.2, 0) is 11.2 Å². The number of aryl methyl sites for hydroxylation is 2. The fraction of sp³-hybridized carbons (Fsp3) is 0.188. The van der Waals surface area contributed by atoms with Gasteiger partial charge in [-0.15, -0.1) is 0 Å². The van der Waals surface area contributed by atoms with Crippen LogP contribution in [0.25, 0.3) is 0 Å². The fourth-order valence-corrected chi connectivity index (χ4v) is 2.83. The average molecular weight is 334 g/mol. The fourth-order valence-electron chi connectivity index (χ4n) is 2.06. The number of aromatic hydroxyl groups is 1. The van der Waals surface area contributed by atoms with Gasteiger partial charge in [-0.3, -0.25) is 4.79 Å². The molecule has 3 nitrogen and oxygen atoms in total. The molecule has 0 bridgehead atoms. The molecule has 0 heterocycles. The monoisotopic (exact) mass is 333 g/mol. The first-order valence-corrected chi connectivity index (χ1v) is 7.09. The molecule has 20 heavy (non-hydrogen) atoms. The summed E-state index contributed by atoms with van der Waals surface area (Å²) < 4.78 is 0.883. The van der Waals surface area contributed by atoms with Crippen molar-refractivity contribution in [1.29, 1.82) is 0 Å². The maximum absolute atomic E-state index is 12.1. The molecular weight excluding hydrogens is 318 g/mol. The molecule has 4 heteroatoms. The molecule has 0 saturated heterocycles. The second-order valence-electron chi connectivity index (χ2n) is 4.83. The van der Waals surface area contributed by atoms with Gasteiger partial charge in [0.25, 0.3) is 0 Å². The van der Waals surface area contributed by atoms with E-state index < -0.39 is 0 Å². The first kappa shape index (κ1) is 14.6. The van der Waals surface area contributed by atoms with E-state index in [1.165, 1.54) is 0 Å². The summed E-state index contributed by atoms with van der Waals surface area (Å²) in [6.45, 7) is 3.98. The zero-order chi connectivity index (χ0) is 14.7. The van der Waals surface area contributed by atoms with Gasteiger partial charge in [-0.2, -0.15) is 0 Å². The number of amides is 1. The normalized spacial score (nSPS) is 10.3. The lowest BCUT2D eigenvalue weighted by Gasteiger charge is -2.12. The first-order valence-electron chi connectivity index (χ1n) is 6.30. The number of hydrogen-bond acceptors (Lipinski definition) is 2. The molecule has 0 spiro atoms. The number of nitrogens with one attached hydrogen (secondary N) is 1. The zero-order valence-electron chi connectivity index (χ0n) is 11.4. The molecule has 0 atom stereocenters. The molecule has 0 aromatic heterocycles. The minimum Gasteiger partial charge on any atom is -0.508 e. The van der Waals surface area contributed by atoms with E-state index in [1.807, 2.05) is 26.0 Å². The van der Waals surface area contributed by atoms with Crippen LogP contribution in [0.5, 0.6) is 5.75 Å². The van der Waals surface area contributed by atoms with Gasteiger partial charge in [-0.05, 0) is 64.7 Å². The van der Waals surface area contributed by atoms with Crippen LogP contribution < -0.4 is 5.32 Å². The molecule has 2 rings (SSSR count). The van der Waals surface area contributed by atoms with Crippen molar-refractivity contribution >= 4 is 27.5 Å². The van der Waals surface area contributed by atoms with Gasteiger partial charge < -0.3 is 10.4 Å². The molecule has 104 valence electrons. The Balaban J connectivity index is 2.10. The predicted octanol–water partition coefficient (Wildman–Crippen LogP) is 3.95. The highest BCUT2D eigenvalue weighted by molar-refractivity contribution is 9.10. The minimum absolute atomic E-state index is 0.0802. The zero-order valence-corrected chi connectivity index (χ0v) is 13.0. The van der Waals surface area contributed by atoms with Crippen LogP contribution in [0.3, 0.4) is 0 Å². The molecule has 0 fully saturated rings. The Morgan fingerprint density at radius 2 is 1.85 bits per heavy atom. The lowest BCUT2D eigenvalue weighted by atomic mass is 10.1. The van der Waals surface area contributed by atoms with Gasteiger partial charge in [0, 0.05) is 4.47 Å². The number of carbonyl (C=O) groups excluding carboxylic acids is 1. The molecule has 0 saturated carbocycles. The van der Waals surface area contributed by atoms with Crippen molar-refractivity contribution in [1.82, 2.24) is 0 Å². The molecule has 0 aliphatic rings. The van der Waals surface area contributed by atoms with Crippen LogP contribution in [0.4, 0.5) is 5.69 Å². The second-order valence-corrected chi connectivity index (χ2v) is 5.68. The molecule has 2 aromatic carbocycles. The smallest absolute Gasteiger partial charge is 0.228 e. The summed E-state index contributed by atoms with van der Waals surface area (Å²) in [7, 11) is 0. The summed E-state index contributed by atoms with van der Waals surface area (Å²) in [5, 5.41) is 12.1. The van der Waals surface area contributed by atoms with Crippen molar-refractivity contribution < 1.29 is 9.90 Å². The first-order chi connectivity index (χ1) is 9.45. The topological polar surface area (TPSA) is 49.3 Å². The third-order valence-corrected chi connectivity index (χ3v) is 3.62. The Morgan fingerprint density at radius 1 is 1.20 bits per heavy atom. The van der Waals surface area contributed by atoms with Crippen molar-refractivity contribution in [3.63, 3.8) is 0 Å². The van der Waals surface area contributed by atoms with E-state index >= 15 is 0 Å². The Bertz CT molecular complexity index is 612. The molecule has 0 unspecified atom stereocenters. The Hall–Kier alpha value is -1.81. The number of phenols is 1. The molecule has 0 aliphatic heterocycles. The molecule has 2 N–H and O–H groups in total. The molecular formula is C16H16BrNO2. The largest absolute Gasteiger partial charge is 0.508 e. The molecule has 0 aliphatic carbocycles. The van der Waals surface area contributed by atoms with Gasteiger partial charge in [0.05, 0.1) is 12.1 Å². The van der Waals surface area contributed by atoms with E-state index in [4.69, 9.17) is 0 Å². The van der Waals surface area contributed by atoms with Gasteiger partial charge in [0.15, 0.2) is 0 Å². The average Bonchev–Trinajstić information content (AvgIpc) is 2.36. The van der Waals surface area contributed by atoms with Crippen molar-refractivity contribution in [3.05, 3.63) is 57.6 Å². The van der Waals surface area contributed by atoms with Crippen LogP contribution in [0.1, 0.15) is 16.7 Å².